The van der Waals surface area contributed by atoms with Crippen molar-refractivity contribution >= 4 is 15.9 Å². The monoisotopic (exact) mass is 274 g/mol. The third kappa shape index (κ3) is 4.31. The molecule has 0 aliphatic rings. The Kier molecular flexibility index (Phi) is 5.26. The molecular formula is C12H16BrFO. The zero-order valence-corrected chi connectivity index (χ0v) is 10.4. The minimum atomic E-state index is -0.436. The first-order chi connectivity index (χ1) is 7.13. The van der Waals surface area contributed by atoms with Crippen molar-refractivity contribution in [2.24, 2.45) is 0 Å². The van der Waals surface area contributed by atoms with Crippen LogP contribution in [0.15, 0.2) is 22.7 Å². The van der Waals surface area contributed by atoms with E-state index >= 15 is 0 Å². The number of hydrogen-bond acceptors (Lipinski definition) is 1. The molecule has 15 heavy (non-hydrogen) atoms. The van der Waals surface area contributed by atoms with Crippen molar-refractivity contribution in [3.8, 4) is 0 Å². The smallest absolute Gasteiger partial charge is 0.126 e. The number of unbranched alkanes of at least 4 members (excludes halogenated alkanes) is 1. The Bertz CT molecular complexity index is 314. The fourth-order valence-electron chi connectivity index (χ4n) is 1.50. The van der Waals surface area contributed by atoms with Crippen LogP contribution in [-0.2, 0) is 6.42 Å². The average Bonchev–Trinajstić information content (AvgIpc) is 2.20. The molecule has 0 saturated heterocycles. The van der Waals surface area contributed by atoms with Gasteiger partial charge in [0.05, 0.1) is 6.10 Å². The zero-order chi connectivity index (χ0) is 11.3. The molecule has 0 aliphatic carbocycles. The van der Waals surface area contributed by atoms with Gasteiger partial charge in [-0.15, -0.1) is 0 Å². The van der Waals surface area contributed by atoms with E-state index in [-0.39, 0.29) is 5.82 Å². The van der Waals surface area contributed by atoms with E-state index in [1.54, 1.807) is 12.1 Å². The minimum absolute atomic E-state index is 0.242. The Morgan fingerprint density at radius 2 is 2.20 bits per heavy atom. The summed E-state index contributed by atoms with van der Waals surface area (Å²) in [6.07, 6.45) is 2.73. The van der Waals surface area contributed by atoms with Crippen molar-refractivity contribution in [3.05, 3.63) is 34.1 Å². The summed E-state index contributed by atoms with van der Waals surface area (Å²) in [7, 11) is 0. The van der Waals surface area contributed by atoms with Gasteiger partial charge in [-0.1, -0.05) is 35.7 Å². The molecule has 0 aliphatic heterocycles. The van der Waals surface area contributed by atoms with E-state index in [0.717, 1.165) is 23.7 Å². The number of aliphatic hydroxyl groups excluding tert-OH is 1. The molecule has 1 unspecified atom stereocenters. The summed E-state index contributed by atoms with van der Waals surface area (Å²) in [5.41, 5.74) is 0.577. The molecule has 0 radical (unpaired) electrons. The van der Waals surface area contributed by atoms with Gasteiger partial charge in [0.25, 0.3) is 0 Å². The van der Waals surface area contributed by atoms with Gasteiger partial charge >= 0.3 is 0 Å². The summed E-state index contributed by atoms with van der Waals surface area (Å²) in [4.78, 5) is 0. The summed E-state index contributed by atoms with van der Waals surface area (Å²) in [6.45, 7) is 2.08. The van der Waals surface area contributed by atoms with Crippen LogP contribution in [0.3, 0.4) is 0 Å². The van der Waals surface area contributed by atoms with Gasteiger partial charge in [-0.25, -0.2) is 4.39 Å². The number of aliphatic hydroxyl groups is 1. The maximum absolute atomic E-state index is 13.3. The first-order valence-corrected chi connectivity index (χ1v) is 6.04. The lowest BCUT2D eigenvalue weighted by Crippen LogP contribution is -2.11. The van der Waals surface area contributed by atoms with Gasteiger partial charge in [-0.3, -0.25) is 0 Å². The Labute approximate surface area is 98.4 Å². The molecule has 0 saturated carbocycles. The lowest BCUT2D eigenvalue weighted by molar-refractivity contribution is 0.160. The van der Waals surface area contributed by atoms with Gasteiger partial charge in [-0.2, -0.15) is 0 Å². The van der Waals surface area contributed by atoms with Crippen LogP contribution in [0.1, 0.15) is 31.7 Å². The predicted molar refractivity (Wildman–Crippen MR) is 63.3 cm³/mol. The number of rotatable bonds is 5. The van der Waals surface area contributed by atoms with Crippen LogP contribution in [-0.4, -0.2) is 11.2 Å². The molecule has 0 fully saturated rings. The summed E-state index contributed by atoms with van der Waals surface area (Å²) in [5, 5.41) is 9.67. The van der Waals surface area contributed by atoms with Crippen LogP contribution < -0.4 is 0 Å². The highest BCUT2D eigenvalue weighted by molar-refractivity contribution is 9.10. The number of benzene rings is 1. The van der Waals surface area contributed by atoms with Gasteiger partial charge < -0.3 is 5.11 Å². The fraction of sp³-hybridized carbons (Fsp3) is 0.500. The van der Waals surface area contributed by atoms with E-state index in [0.29, 0.717) is 12.0 Å². The van der Waals surface area contributed by atoms with Gasteiger partial charge in [0.15, 0.2) is 0 Å². The van der Waals surface area contributed by atoms with E-state index in [1.165, 1.54) is 6.07 Å². The van der Waals surface area contributed by atoms with Crippen LogP contribution in [0.2, 0.25) is 0 Å². The fourth-order valence-corrected chi connectivity index (χ4v) is 1.90. The van der Waals surface area contributed by atoms with Gasteiger partial charge in [0, 0.05) is 10.9 Å². The number of halogens is 2. The molecule has 1 aromatic carbocycles. The topological polar surface area (TPSA) is 20.2 Å². The van der Waals surface area contributed by atoms with Crippen molar-refractivity contribution in [3.63, 3.8) is 0 Å². The minimum Gasteiger partial charge on any atom is -0.393 e. The maximum atomic E-state index is 13.3. The lowest BCUT2D eigenvalue weighted by Gasteiger charge is -2.10. The average molecular weight is 275 g/mol. The van der Waals surface area contributed by atoms with Crippen molar-refractivity contribution in [1.82, 2.24) is 0 Å². The quantitative estimate of drug-likeness (QED) is 0.869. The standard InChI is InChI=1S/C12H16BrFO/c1-2-3-4-11(15)8-9-7-10(13)5-6-12(9)14/h5-7,11,15H,2-4,8H2,1H3. The highest BCUT2D eigenvalue weighted by Crippen LogP contribution is 2.18. The van der Waals surface area contributed by atoms with E-state index in [4.69, 9.17) is 0 Å². The normalized spacial score (nSPS) is 12.8. The van der Waals surface area contributed by atoms with Gasteiger partial charge in [-0.05, 0) is 30.2 Å². The Morgan fingerprint density at radius 3 is 2.87 bits per heavy atom. The van der Waals surface area contributed by atoms with Crippen molar-refractivity contribution in [2.75, 3.05) is 0 Å². The molecule has 0 heterocycles. The van der Waals surface area contributed by atoms with Gasteiger partial charge in [0.1, 0.15) is 5.82 Å². The second kappa shape index (κ2) is 6.23. The molecule has 1 rings (SSSR count). The Hall–Kier alpha value is -0.410. The predicted octanol–water partition coefficient (Wildman–Crippen LogP) is 3.68. The molecule has 84 valence electrons. The molecule has 1 atom stereocenters. The molecule has 1 N–H and O–H groups in total. The SMILES string of the molecule is CCCCC(O)Cc1cc(Br)ccc1F. The second-order valence-electron chi connectivity index (χ2n) is 3.74. The molecule has 0 aromatic heterocycles. The van der Waals surface area contributed by atoms with Crippen LogP contribution in [0.5, 0.6) is 0 Å². The van der Waals surface area contributed by atoms with Crippen LogP contribution in [0, 0.1) is 5.82 Å². The Morgan fingerprint density at radius 1 is 1.47 bits per heavy atom. The second-order valence-corrected chi connectivity index (χ2v) is 4.65. The molecule has 1 nitrogen and oxygen atoms in total. The summed E-state index contributed by atoms with van der Waals surface area (Å²) in [5.74, 6) is -0.242. The first kappa shape index (κ1) is 12.7. The molecule has 0 bridgehead atoms. The van der Waals surface area contributed by atoms with Gasteiger partial charge in [0.2, 0.25) is 0 Å². The molecule has 0 amide bonds. The van der Waals surface area contributed by atoms with Crippen LogP contribution in [0.4, 0.5) is 4.39 Å². The molecule has 1 aromatic rings. The van der Waals surface area contributed by atoms with E-state index in [9.17, 15) is 9.50 Å². The zero-order valence-electron chi connectivity index (χ0n) is 8.84. The van der Waals surface area contributed by atoms with Crippen molar-refractivity contribution in [2.45, 2.75) is 38.7 Å². The number of hydrogen-bond donors (Lipinski definition) is 1. The summed E-state index contributed by atoms with van der Waals surface area (Å²) < 4.78 is 14.2. The third-order valence-corrected chi connectivity index (χ3v) is 2.85. The van der Waals surface area contributed by atoms with E-state index < -0.39 is 6.10 Å². The molecule has 0 spiro atoms. The van der Waals surface area contributed by atoms with Crippen LogP contribution >= 0.6 is 15.9 Å². The summed E-state index contributed by atoms with van der Waals surface area (Å²) in [6, 6.07) is 4.81. The largest absolute Gasteiger partial charge is 0.393 e. The highest BCUT2D eigenvalue weighted by atomic mass is 79.9. The maximum Gasteiger partial charge on any atom is 0.126 e. The van der Waals surface area contributed by atoms with E-state index in [2.05, 4.69) is 22.9 Å². The first-order valence-electron chi connectivity index (χ1n) is 5.25. The van der Waals surface area contributed by atoms with Crippen molar-refractivity contribution < 1.29 is 9.50 Å². The highest BCUT2D eigenvalue weighted by Gasteiger charge is 2.09. The van der Waals surface area contributed by atoms with Crippen LogP contribution in [0.25, 0.3) is 0 Å². The van der Waals surface area contributed by atoms with E-state index in [1.807, 2.05) is 0 Å². The Balaban J connectivity index is 2.59. The molecular weight excluding hydrogens is 259 g/mol. The summed E-state index contributed by atoms with van der Waals surface area (Å²) >= 11 is 3.29. The van der Waals surface area contributed by atoms with Crippen molar-refractivity contribution in [1.29, 1.82) is 0 Å². The lowest BCUT2D eigenvalue weighted by atomic mass is 10.0. The molecule has 3 heteroatoms. The third-order valence-electron chi connectivity index (χ3n) is 2.35.